The summed E-state index contributed by atoms with van der Waals surface area (Å²) in [5.41, 5.74) is -0.111. The first-order chi connectivity index (χ1) is 11.9. The summed E-state index contributed by atoms with van der Waals surface area (Å²) in [6.07, 6.45) is 6.80. The van der Waals surface area contributed by atoms with E-state index in [1.54, 1.807) is 18.3 Å². The number of likely N-dealkylation sites (tertiary alicyclic amines) is 1. The minimum absolute atomic E-state index is 0.181. The number of carbonyl (C=O) groups excluding carboxylic acids is 1. The van der Waals surface area contributed by atoms with E-state index >= 15 is 0 Å². The zero-order chi connectivity index (χ0) is 17.7. The quantitative estimate of drug-likeness (QED) is 0.907. The van der Waals surface area contributed by atoms with Gasteiger partial charge in [-0.3, -0.25) is 9.78 Å². The van der Waals surface area contributed by atoms with Crippen molar-refractivity contribution >= 4 is 11.9 Å². The van der Waals surface area contributed by atoms with Crippen molar-refractivity contribution in [1.82, 2.24) is 9.88 Å². The number of pyridine rings is 1. The number of carbonyl (C=O) groups is 2. The van der Waals surface area contributed by atoms with Crippen molar-refractivity contribution in [3.8, 4) is 5.75 Å². The van der Waals surface area contributed by atoms with Crippen molar-refractivity contribution in [2.75, 3.05) is 13.1 Å². The van der Waals surface area contributed by atoms with Crippen LogP contribution in [0.3, 0.4) is 0 Å². The Morgan fingerprint density at radius 3 is 2.44 bits per heavy atom. The maximum atomic E-state index is 12.7. The molecule has 6 heteroatoms. The molecule has 134 valence electrons. The number of piperidine rings is 1. The second kappa shape index (κ2) is 5.71. The standard InChI is InChI=1S/C19H24N2O4/c1-13-3-4-14(12-20-13)25-19(17(23)24)7-9-21(10-8-19)16(22)15-11-18(15)5-2-6-18/h3-4,12,15H,2,5-11H2,1H3,(H,23,24)/t15-/m0/s1. The van der Waals surface area contributed by atoms with Gasteiger partial charge in [0.05, 0.1) is 6.20 Å². The van der Waals surface area contributed by atoms with Gasteiger partial charge in [-0.2, -0.15) is 0 Å². The van der Waals surface area contributed by atoms with Gasteiger partial charge in [-0.05, 0) is 43.7 Å². The number of hydrogen-bond donors (Lipinski definition) is 1. The third-order valence-electron chi connectivity index (χ3n) is 6.31. The maximum absolute atomic E-state index is 12.7. The number of carboxylic acid groups (broad SMARTS) is 1. The van der Waals surface area contributed by atoms with Crippen LogP contribution in [0.4, 0.5) is 0 Å². The lowest BCUT2D eigenvalue weighted by atomic mass is 9.79. The Morgan fingerprint density at radius 2 is 1.96 bits per heavy atom. The van der Waals surface area contributed by atoms with Crippen LogP contribution < -0.4 is 4.74 Å². The Kier molecular flexibility index (Phi) is 3.74. The van der Waals surface area contributed by atoms with E-state index in [1.165, 1.54) is 19.3 Å². The van der Waals surface area contributed by atoms with Gasteiger partial charge in [-0.15, -0.1) is 0 Å². The van der Waals surface area contributed by atoms with Gasteiger partial charge in [0.15, 0.2) is 0 Å². The zero-order valence-corrected chi connectivity index (χ0v) is 14.5. The average molecular weight is 344 g/mol. The fourth-order valence-electron chi connectivity index (χ4n) is 4.29. The summed E-state index contributed by atoms with van der Waals surface area (Å²) in [5.74, 6) is -0.109. The van der Waals surface area contributed by atoms with Gasteiger partial charge in [-0.25, -0.2) is 4.79 Å². The Morgan fingerprint density at radius 1 is 1.24 bits per heavy atom. The molecule has 6 nitrogen and oxygen atoms in total. The molecule has 0 aromatic carbocycles. The second-order valence-electron chi connectivity index (χ2n) is 7.83. The minimum Gasteiger partial charge on any atom is -0.478 e. The van der Waals surface area contributed by atoms with Crippen LogP contribution in [0.5, 0.6) is 5.75 Å². The highest BCUT2D eigenvalue weighted by molar-refractivity contribution is 5.84. The van der Waals surface area contributed by atoms with Gasteiger partial charge >= 0.3 is 5.97 Å². The first-order valence-electron chi connectivity index (χ1n) is 9.08. The van der Waals surface area contributed by atoms with Crippen LogP contribution in [0.15, 0.2) is 18.3 Å². The molecule has 0 unspecified atom stereocenters. The van der Waals surface area contributed by atoms with E-state index < -0.39 is 11.6 Å². The van der Waals surface area contributed by atoms with Crippen LogP contribution in [0.25, 0.3) is 0 Å². The molecule has 2 heterocycles. The maximum Gasteiger partial charge on any atom is 0.348 e. The molecule has 1 aromatic rings. The molecule has 1 saturated heterocycles. The van der Waals surface area contributed by atoms with Crippen molar-refractivity contribution in [3.63, 3.8) is 0 Å². The zero-order valence-electron chi connectivity index (χ0n) is 14.5. The second-order valence-corrected chi connectivity index (χ2v) is 7.83. The SMILES string of the molecule is Cc1ccc(OC2(C(=O)O)CCN(C(=O)[C@@H]3CC34CCC4)CC2)cn1. The molecule has 1 spiro atoms. The number of rotatable bonds is 4. The molecule has 1 aliphatic heterocycles. The summed E-state index contributed by atoms with van der Waals surface area (Å²) in [4.78, 5) is 30.6. The van der Waals surface area contributed by atoms with Crippen LogP contribution in [-0.4, -0.2) is 45.6 Å². The van der Waals surface area contributed by atoms with Gasteiger partial charge in [0.1, 0.15) is 5.75 Å². The summed E-state index contributed by atoms with van der Waals surface area (Å²) in [5, 5.41) is 9.73. The van der Waals surface area contributed by atoms with E-state index in [2.05, 4.69) is 4.98 Å². The van der Waals surface area contributed by atoms with Crippen LogP contribution in [0, 0.1) is 18.3 Å². The van der Waals surface area contributed by atoms with Gasteiger partial charge in [-0.1, -0.05) is 6.42 Å². The van der Waals surface area contributed by atoms with Crippen molar-refractivity contribution in [1.29, 1.82) is 0 Å². The summed E-state index contributed by atoms with van der Waals surface area (Å²) in [7, 11) is 0. The van der Waals surface area contributed by atoms with E-state index in [0.717, 1.165) is 12.1 Å². The third-order valence-corrected chi connectivity index (χ3v) is 6.31. The number of ether oxygens (including phenoxy) is 1. The number of aryl methyl sites for hydroxylation is 1. The van der Waals surface area contributed by atoms with Crippen molar-refractivity contribution in [2.45, 2.75) is 51.0 Å². The summed E-state index contributed by atoms with van der Waals surface area (Å²) in [6, 6.07) is 3.55. The Hall–Kier alpha value is -2.11. The molecule has 3 fully saturated rings. The number of aliphatic carboxylic acids is 1. The van der Waals surface area contributed by atoms with E-state index in [9.17, 15) is 14.7 Å². The smallest absolute Gasteiger partial charge is 0.348 e. The summed E-state index contributed by atoms with van der Waals surface area (Å²) >= 11 is 0. The minimum atomic E-state index is -1.27. The molecule has 25 heavy (non-hydrogen) atoms. The highest BCUT2D eigenvalue weighted by atomic mass is 16.5. The number of nitrogens with zero attached hydrogens (tertiary/aromatic N) is 2. The van der Waals surface area contributed by atoms with Crippen LogP contribution in [0.1, 0.15) is 44.2 Å². The summed E-state index contributed by atoms with van der Waals surface area (Å²) in [6.45, 7) is 2.75. The monoisotopic (exact) mass is 344 g/mol. The molecule has 1 amide bonds. The Balaban J connectivity index is 1.41. The van der Waals surface area contributed by atoms with E-state index in [4.69, 9.17) is 4.74 Å². The molecule has 3 aliphatic rings. The molecular weight excluding hydrogens is 320 g/mol. The normalized spacial score (nSPS) is 26.0. The molecule has 0 bridgehead atoms. The first-order valence-corrected chi connectivity index (χ1v) is 9.08. The van der Waals surface area contributed by atoms with Crippen LogP contribution in [0.2, 0.25) is 0 Å². The molecular formula is C19H24N2O4. The Bertz CT molecular complexity index is 688. The number of amides is 1. The Labute approximate surface area is 147 Å². The fraction of sp³-hybridized carbons (Fsp3) is 0.632. The predicted molar refractivity (Wildman–Crippen MR) is 90.2 cm³/mol. The van der Waals surface area contributed by atoms with Gasteiger partial charge in [0.2, 0.25) is 11.5 Å². The fourth-order valence-corrected chi connectivity index (χ4v) is 4.29. The van der Waals surface area contributed by atoms with Crippen molar-refractivity contribution in [2.24, 2.45) is 11.3 Å². The topological polar surface area (TPSA) is 79.7 Å². The molecule has 1 aromatic heterocycles. The lowest BCUT2D eigenvalue weighted by Gasteiger charge is -2.39. The van der Waals surface area contributed by atoms with Crippen LogP contribution >= 0.6 is 0 Å². The highest BCUT2D eigenvalue weighted by Crippen LogP contribution is 2.66. The van der Waals surface area contributed by atoms with Gasteiger partial charge in [0.25, 0.3) is 0 Å². The van der Waals surface area contributed by atoms with E-state index in [0.29, 0.717) is 37.1 Å². The highest BCUT2D eigenvalue weighted by Gasteiger charge is 2.62. The predicted octanol–water partition coefficient (Wildman–Crippen LogP) is 2.40. The lowest BCUT2D eigenvalue weighted by Crippen LogP contribution is -2.54. The molecule has 2 aliphatic carbocycles. The summed E-state index contributed by atoms with van der Waals surface area (Å²) < 4.78 is 5.84. The first kappa shape index (κ1) is 16.4. The number of carboxylic acids is 1. The number of aromatic nitrogens is 1. The lowest BCUT2D eigenvalue weighted by molar-refractivity contribution is -0.162. The van der Waals surface area contributed by atoms with E-state index in [-0.39, 0.29) is 11.8 Å². The van der Waals surface area contributed by atoms with Crippen LogP contribution in [-0.2, 0) is 9.59 Å². The van der Waals surface area contributed by atoms with Crippen molar-refractivity contribution in [3.05, 3.63) is 24.0 Å². The van der Waals surface area contributed by atoms with Gasteiger partial charge in [0, 0.05) is 37.5 Å². The largest absolute Gasteiger partial charge is 0.478 e. The van der Waals surface area contributed by atoms with Crippen molar-refractivity contribution < 1.29 is 19.4 Å². The molecule has 1 atom stereocenters. The van der Waals surface area contributed by atoms with E-state index in [1.807, 2.05) is 11.8 Å². The number of hydrogen-bond acceptors (Lipinski definition) is 4. The molecule has 0 radical (unpaired) electrons. The van der Waals surface area contributed by atoms with Gasteiger partial charge < -0.3 is 14.7 Å². The average Bonchev–Trinajstić information content (AvgIpc) is 3.33. The third kappa shape index (κ3) is 2.77. The molecule has 1 N–H and O–H groups in total. The molecule has 4 rings (SSSR count). The molecule has 2 saturated carbocycles.